The molecule has 0 spiro atoms. The summed E-state index contributed by atoms with van der Waals surface area (Å²) in [4.78, 5) is 24.9. The number of methoxy groups -OCH3 is 1. The molecule has 0 aliphatic carbocycles. The molecule has 0 aromatic heterocycles. The van der Waals surface area contributed by atoms with E-state index in [2.05, 4.69) is 5.32 Å². The van der Waals surface area contributed by atoms with Crippen LogP contribution in [-0.2, 0) is 11.2 Å². The third-order valence-electron chi connectivity index (χ3n) is 3.65. The van der Waals surface area contributed by atoms with Gasteiger partial charge in [0.2, 0.25) is 0 Å². The first-order valence-electron chi connectivity index (χ1n) is 6.64. The van der Waals surface area contributed by atoms with Gasteiger partial charge < -0.3 is 10.1 Å². The summed E-state index contributed by atoms with van der Waals surface area (Å²) in [5.41, 5.74) is 0.103. The summed E-state index contributed by atoms with van der Waals surface area (Å²) in [7, 11) is 1.60. The zero-order valence-electron chi connectivity index (χ0n) is 12.0. The Hall–Kier alpha value is -2.55. The molecule has 1 atom stereocenters. The SMILES string of the molecule is COc1ccc(CCC2(C)NC(=O)N(CC#N)C2=O)cc1. The van der Waals surface area contributed by atoms with Gasteiger partial charge in [0, 0.05) is 0 Å². The number of carbonyl (C=O) groups excluding carboxylic acids is 2. The smallest absolute Gasteiger partial charge is 0.325 e. The Labute approximate surface area is 123 Å². The quantitative estimate of drug-likeness (QED) is 0.656. The third kappa shape index (κ3) is 2.97. The molecule has 1 N–H and O–H groups in total. The average Bonchev–Trinajstić information content (AvgIpc) is 2.70. The standard InChI is InChI=1S/C15H17N3O3/c1-15(13(19)18(10-9-16)14(20)17-15)8-7-11-3-5-12(21-2)6-4-11/h3-6H,7-8,10H2,1-2H3,(H,17,20). The Balaban J connectivity index is 2.03. The number of rotatable bonds is 5. The summed E-state index contributed by atoms with van der Waals surface area (Å²) in [6.07, 6.45) is 1.12. The molecule has 0 radical (unpaired) electrons. The highest BCUT2D eigenvalue weighted by atomic mass is 16.5. The molecule has 1 aromatic rings. The van der Waals surface area contributed by atoms with Crippen molar-refractivity contribution >= 4 is 11.9 Å². The van der Waals surface area contributed by atoms with Crippen LogP contribution in [0.3, 0.4) is 0 Å². The van der Waals surface area contributed by atoms with Crippen LogP contribution in [0, 0.1) is 11.3 Å². The van der Waals surface area contributed by atoms with Crippen LogP contribution >= 0.6 is 0 Å². The number of nitriles is 1. The van der Waals surface area contributed by atoms with Crippen LogP contribution in [-0.4, -0.2) is 36.0 Å². The highest BCUT2D eigenvalue weighted by Gasteiger charge is 2.47. The predicted octanol–water partition coefficient (Wildman–Crippen LogP) is 1.46. The van der Waals surface area contributed by atoms with Crippen molar-refractivity contribution in [3.05, 3.63) is 29.8 Å². The number of nitrogens with zero attached hydrogens (tertiary/aromatic N) is 2. The molecule has 0 saturated carbocycles. The monoisotopic (exact) mass is 287 g/mol. The number of nitrogens with one attached hydrogen (secondary N) is 1. The lowest BCUT2D eigenvalue weighted by atomic mass is 9.93. The first-order valence-corrected chi connectivity index (χ1v) is 6.64. The fourth-order valence-electron chi connectivity index (χ4n) is 2.32. The van der Waals surface area contributed by atoms with E-state index < -0.39 is 11.6 Å². The number of benzene rings is 1. The maximum absolute atomic E-state index is 12.2. The Morgan fingerprint density at radius 1 is 1.33 bits per heavy atom. The second kappa shape index (κ2) is 5.83. The maximum Gasteiger partial charge on any atom is 0.325 e. The zero-order chi connectivity index (χ0) is 15.5. The number of amides is 3. The van der Waals surface area contributed by atoms with E-state index in [-0.39, 0.29) is 12.5 Å². The highest BCUT2D eigenvalue weighted by molar-refractivity contribution is 6.06. The number of aryl methyl sites for hydroxylation is 1. The number of carbonyl (C=O) groups is 2. The minimum Gasteiger partial charge on any atom is -0.497 e. The summed E-state index contributed by atoms with van der Waals surface area (Å²) in [5.74, 6) is 0.429. The molecular formula is C15H17N3O3. The van der Waals surface area contributed by atoms with Crippen LogP contribution in [0.4, 0.5) is 4.79 Å². The van der Waals surface area contributed by atoms with Crippen LogP contribution < -0.4 is 10.1 Å². The molecule has 1 unspecified atom stereocenters. The number of imide groups is 1. The van der Waals surface area contributed by atoms with Crippen molar-refractivity contribution in [3.8, 4) is 11.8 Å². The first kappa shape index (κ1) is 14.9. The Bertz CT molecular complexity index is 591. The average molecular weight is 287 g/mol. The van der Waals surface area contributed by atoms with E-state index in [1.165, 1.54) is 0 Å². The van der Waals surface area contributed by atoms with Gasteiger partial charge >= 0.3 is 6.03 Å². The van der Waals surface area contributed by atoms with E-state index in [9.17, 15) is 9.59 Å². The van der Waals surface area contributed by atoms with Gasteiger partial charge in [-0.15, -0.1) is 0 Å². The summed E-state index contributed by atoms with van der Waals surface area (Å²) in [6.45, 7) is 1.47. The molecule has 21 heavy (non-hydrogen) atoms. The van der Waals surface area contributed by atoms with Crippen molar-refractivity contribution in [2.24, 2.45) is 0 Å². The summed E-state index contributed by atoms with van der Waals surface area (Å²) >= 11 is 0. The maximum atomic E-state index is 12.2. The van der Waals surface area contributed by atoms with Gasteiger partial charge in [0.15, 0.2) is 0 Å². The van der Waals surface area contributed by atoms with Crippen molar-refractivity contribution in [3.63, 3.8) is 0 Å². The normalized spacial score (nSPS) is 21.1. The van der Waals surface area contributed by atoms with E-state index in [1.807, 2.05) is 30.3 Å². The largest absolute Gasteiger partial charge is 0.497 e. The number of hydrogen-bond acceptors (Lipinski definition) is 4. The zero-order valence-corrected chi connectivity index (χ0v) is 12.0. The number of ether oxygens (including phenoxy) is 1. The molecular weight excluding hydrogens is 270 g/mol. The second-order valence-electron chi connectivity index (χ2n) is 5.16. The molecule has 6 heteroatoms. The van der Waals surface area contributed by atoms with Gasteiger partial charge in [-0.3, -0.25) is 4.79 Å². The van der Waals surface area contributed by atoms with Crippen LogP contribution in [0.15, 0.2) is 24.3 Å². The fourth-order valence-corrected chi connectivity index (χ4v) is 2.32. The molecule has 6 nitrogen and oxygen atoms in total. The van der Waals surface area contributed by atoms with Gasteiger partial charge in [-0.25, -0.2) is 9.69 Å². The molecule has 2 rings (SSSR count). The van der Waals surface area contributed by atoms with Crippen molar-refractivity contribution in [2.75, 3.05) is 13.7 Å². The minimum atomic E-state index is -0.951. The number of hydrogen-bond donors (Lipinski definition) is 1. The fraction of sp³-hybridized carbons (Fsp3) is 0.400. The molecule has 1 heterocycles. The molecule has 110 valence electrons. The minimum absolute atomic E-state index is 0.219. The van der Waals surface area contributed by atoms with Crippen molar-refractivity contribution in [1.82, 2.24) is 10.2 Å². The van der Waals surface area contributed by atoms with Crippen LogP contribution in [0.1, 0.15) is 18.9 Å². The lowest BCUT2D eigenvalue weighted by Gasteiger charge is -2.21. The van der Waals surface area contributed by atoms with Gasteiger partial charge in [-0.05, 0) is 37.5 Å². The van der Waals surface area contributed by atoms with Gasteiger partial charge in [0.1, 0.15) is 17.8 Å². The lowest BCUT2D eigenvalue weighted by Crippen LogP contribution is -2.44. The molecule has 0 bridgehead atoms. The summed E-state index contributed by atoms with van der Waals surface area (Å²) < 4.78 is 5.09. The van der Waals surface area contributed by atoms with E-state index in [0.29, 0.717) is 12.8 Å². The third-order valence-corrected chi connectivity index (χ3v) is 3.65. The Morgan fingerprint density at radius 2 is 2.00 bits per heavy atom. The molecule has 1 aliphatic heterocycles. The van der Waals surface area contributed by atoms with Crippen LogP contribution in [0.2, 0.25) is 0 Å². The molecule has 1 aliphatic rings. The van der Waals surface area contributed by atoms with Gasteiger partial charge in [-0.1, -0.05) is 12.1 Å². The van der Waals surface area contributed by atoms with E-state index in [4.69, 9.17) is 10.00 Å². The Morgan fingerprint density at radius 3 is 2.57 bits per heavy atom. The first-order chi connectivity index (χ1) is 10.00. The van der Waals surface area contributed by atoms with Crippen molar-refractivity contribution in [2.45, 2.75) is 25.3 Å². The van der Waals surface area contributed by atoms with Gasteiger partial charge in [-0.2, -0.15) is 5.26 Å². The van der Waals surface area contributed by atoms with Gasteiger partial charge in [0.25, 0.3) is 5.91 Å². The van der Waals surface area contributed by atoms with Crippen LogP contribution in [0.5, 0.6) is 5.75 Å². The van der Waals surface area contributed by atoms with Gasteiger partial charge in [0.05, 0.1) is 13.2 Å². The summed E-state index contributed by atoms with van der Waals surface area (Å²) in [6, 6.07) is 8.89. The molecule has 3 amide bonds. The highest BCUT2D eigenvalue weighted by Crippen LogP contribution is 2.23. The number of urea groups is 1. The summed E-state index contributed by atoms with van der Waals surface area (Å²) in [5, 5.41) is 11.3. The van der Waals surface area contributed by atoms with E-state index >= 15 is 0 Å². The van der Waals surface area contributed by atoms with Crippen LogP contribution in [0.25, 0.3) is 0 Å². The second-order valence-corrected chi connectivity index (χ2v) is 5.16. The topological polar surface area (TPSA) is 82.4 Å². The Kier molecular flexibility index (Phi) is 4.13. The van der Waals surface area contributed by atoms with Crippen molar-refractivity contribution in [1.29, 1.82) is 5.26 Å². The molecule has 1 fully saturated rings. The lowest BCUT2D eigenvalue weighted by molar-refractivity contribution is -0.130. The van der Waals surface area contributed by atoms with E-state index in [0.717, 1.165) is 16.2 Å². The molecule has 1 aromatic carbocycles. The predicted molar refractivity (Wildman–Crippen MR) is 75.6 cm³/mol. The molecule has 1 saturated heterocycles. The van der Waals surface area contributed by atoms with Crippen molar-refractivity contribution < 1.29 is 14.3 Å². The van der Waals surface area contributed by atoms with E-state index in [1.54, 1.807) is 14.0 Å².